The highest BCUT2D eigenvalue weighted by Crippen LogP contribution is 2.40. The minimum atomic E-state index is -2.78. The molecule has 2 saturated carbocycles. The average molecular weight is 524 g/mol. The van der Waals surface area contributed by atoms with E-state index in [0.29, 0.717) is 40.8 Å². The molecule has 4 N–H and O–H groups in total. The van der Waals surface area contributed by atoms with Crippen LogP contribution in [-0.4, -0.2) is 54.0 Å². The van der Waals surface area contributed by atoms with Crippen molar-refractivity contribution in [3.63, 3.8) is 0 Å². The molecule has 0 spiro atoms. The van der Waals surface area contributed by atoms with Gasteiger partial charge in [0.05, 0.1) is 31.9 Å². The van der Waals surface area contributed by atoms with E-state index < -0.39 is 42.3 Å². The number of alkyl carbamates (subject to hydrolysis) is 1. The predicted octanol–water partition coefficient (Wildman–Crippen LogP) is 2.04. The molecule has 4 heterocycles. The van der Waals surface area contributed by atoms with Gasteiger partial charge < -0.3 is 21.1 Å². The largest absolute Gasteiger partial charge is 0.453 e. The Morgan fingerprint density at radius 2 is 2.08 bits per heavy atom. The van der Waals surface area contributed by atoms with Crippen LogP contribution in [-0.2, 0) is 22.0 Å². The highest BCUT2D eigenvalue weighted by Gasteiger charge is 2.46. The van der Waals surface area contributed by atoms with Gasteiger partial charge in [0, 0.05) is 34.6 Å². The number of rotatable bonds is 6. The average Bonchev–Trinajstić information content (AvgIpc) is 3.55. The van der Waals surface area contributed by atoms with E-state index >= 15 is 0 Å². The van der Waals surface area contributed by atoms with E-state index in [2.05, 4.69) is 30.4 Å². The first-order valence-corrected chi connectivity index (χ1v) is 12.3. The molecule has 2 atom stereocenters. The molecule has 2 aliphatic carbocycles. The Labute approximate surface area is 222 Å². The minimum absolute atomic E-state index is 0.0665. The summed E-state index contributed by atoms with van der Waals surface area (Å²) in [5.41, 5.74) is 4.91. The molecule has 4 aromatic heterocycles. The molecule has 0 bridgehead atoms. The van der Waals surface area contributed by atoms with E-state index in [1.165, 1.54) is 17.9 Å². The summed E-state index contributed by atoms with van der Waals surface area (Å²) < 4.78 is 40.8. The summed E-state index contributed by atoms with van der Waals surface area (Å²) in [6.07, 6.45) is 4.82. The number of amides is 2. The number of primary amides is 1. The maximum absolute atomic E-state index is 13.5. The number of anilines is 2. The molecule has 2 unspecified atom stereocenters. The third-order valence-corrected chi connectivity index (χ3v) is 7.57. The molecular weight excluding hydrogens is 490 g/mol. The first-order chi connectivity index (χ1) is 19.8. The molecular formula is C25H29N9O4. The Kier molecular flexibility index (Phi) is 4.58. The van der Waals surface area contributed by atoms with Crippen molar-refractivity contribution >= 4 is 45.7 Å². The minimum Gasteiger partial charge on any atom is -0.453 e. The molecule has 0 aromatic carbocycles. The Balaban J connectivity index is 1.39. The van der Waals surface area contributed by atoms with Gasteiger partial charge in [0.1, 0.15) is 17.2 Å². The van der Waals surface area contributed by atoms with Crippen LogP contribution in [0.5, 0.6) is 0 Å². The van der Waals surface area contributed by atoms with Crippen LogP contribution in [0.4, 0.5) is 16.4 Å². The van der Waals surface area contributed by atoms with Crippen molar-refractivity contribution in [1.82, 2.24) is 34.2 Å². The number of aryl methyl sites for hydroxylation is 1. The quantitative estimate of drug-likeness (QED) is 0.345. The molecule has 6 rings (SSSR count). The lowest BCUT2D eigenvalue weighted by atomic mass is 9.76. The first kappa shape index (κ1) is 19.7. The highest BCUT2D eigenvalue weighted by molar-refractivity contribution is 5.87. The fraction of sp³-hybridized carbons (Fsp3) is 0.440. The van der Waals surface area contributed by atoms with E-state index in [4.69, 9.17) is 11.2 Å². The van der Waals surface area contributed by atoms with Crippen LogP contribution >= 0.6 is 0 Å². The van der Waals surface area contributed by atoms with Gasteiger partial charge >= 0.3 is 11.8 Å². The number of fused-ring (bicyclic) bond motifs is 2. The van der Waals surface area contributed by atoms with Crippen LogP contribution in [0.1, 0.15) is 50.0 Å². The lowest BCUT2D eigenvalue weighted by Gasteiger charge is -2.38. The number of hydrogen-bond donors (Lipinski definition) is 3. The van der Waals surface area contributed by atoms with Crippen molar-refractivity contribution in [2.45, 2.75) is 56.1 Å². The fourth-order valence-corrected chi connectivity index (χ4v) is 5.39. The van der Waals surface area contributed by atoms with Gasteiger partial charge in [-0.25, -0.2) is 24.2 Å². The molecule has 13 nitrogen and oxygen atoms in total. The second kappa shape index (κ2) is 8.85. The molecule has 0 radical (unpaired) electrons. The lowest BCUT2D eigenvalue weighted by Crippen LogP contribution is -2.52. The Morgan fingerprint density at radius 3 is 2.79 bits per heavy atom. The molecule has 2 aliphatic rings. The number of ether oxygens (including phenoxy) is 1. The topological polar surface area (TPSA) is 164 Å². The highest BCUT2D eigenvalue weighted by atomic mass is 16.5. The van der Waals surface area contributed by atoms with Crippen molar-refractivity contribution in [3.8, 4) is 0 Å². The van der Waals surface area contributed by atoms with Crippen LogP contribution in [0.15, 0.2) is 35.4 Å². The third kappa shape index (κ3) is 3.68. The second-order valence-corrected chi connectivity index (χ2v) is 9.70. The number of methoxy groups -OCH3 is 1. The number of nitrogens with zero attached hydrogens (tertiary/aromatic N) is 6. The third-order valence-electron chi connectivity index (χ3n) is 7.57. The number of hydrogen-bond acceptors (Lipinski definition) is 8. The van der Waals surface area contributed by atoms with Crippen LogP contribution in [0.2, 0.25) is 0 Å². The summed E-state index contributed by atoms with van der Waals surface area (Å²) in [6, 6.07) is 3.11. The second-order valence-electron chi connectivity index (χ2n) is 9.70. The smallest absolute Gasteiger partial charge is 0.407 e. The van der Waals surface area contributed by atoms with E-state index in [1.54, 1.807) is 29.1 Å². The predicted molar refractivity (Wildman–Crippen MR) is 139 cm³/mol. The number of carbonyl (C=O) groups excluding carboxylic acids is 2. The molecule has 0 saturated heterocycles. The van der Waals surface area contributed by atoms with Gasteiger partial charge in [-0.2, -0.15) is 5.10 Å². The summed E-state index contributed by atoms with van der Waals surface area (Å²) in [6.45, 7) is -2.78. The number of imidazole rings is 1. The summed E-state index contributed by atoms with van der Waals surface area (Å²) in [5, 5.41) is 10.7. The zero-order chi connectivity index (χ0) is 30.0. The fourth-order valence-electron chi connectivity index (χ4n) is 5.39. The van der Waals surface area contributed by atoms with Gasteiger partial charge in [0.25, 0.3) is 0 Å². The van der Waals surface area contributed by atoms with Gasteiger partial charge in [-0.3, -0.25) is 13.9 Å². The van der Waals surface area contributed by atoms with Gasteiger partial charge in [0.15, 0.2) is 5.65 Å². The molecule has 13 heteroatoms. The summed E-state index contributed by atoms with van der Waals surface area (Å²) in [5.74, 6) is 0.202. The van der Waals surface area contributed by atoms with Crippen LogP contribution in [0, 0.1) is 0 Å². The molecule has 2 amide bonds. The first-order valence-electron chi connectivity index (χ1n) is 14.3. The van der Waals surface area contributed by atoms with Crippen molar-refractivity contribution in [2.75, 3.05) is 12.4 Å². The van der Waals surface area contributed by atoms with Gasteiger partial charge in [0.2, 0.25) is 5.91 Å². The van der Waals surface area contributed by atoms with E-state index in [9.17, 15) is 14.4 Å². The zero-order valence-electron chi connectivity index (χ0n) is 24.6. The van der Waals surface area contributed by atoms with Crippen molar-refractivity contribution in [3.05, 3.63) is 41.1 Å². The van der Waals surface area contributed by atoms with Gasteiger partial charge in [-0.15, -0.1) is 0 Å². The monoisotopic (exact) mass is 523 g/mol. The maximum atomic E-state index is 13.5. The van der Waals surface area contributed by atoms with Crippen molar-refractivity contribution in [2.24, 2.45) is 12.7 Å². The molecule has 4 aromatic rings. The standard InChI is InChI=1S/C25H29N9O4/c1-32-18-13-27-20(11-17(18)33(24(32)37)16-6-5-15(10-16)29-23(36)38-2)30-19-7-4-14-12-28-34(21(14)31-19)25(22(26)35)8-3-9-25/h4,7,11-13,15-16H,3,5-6,8-10H2,1-2H3,(H2,26,35)(H,29,36)(H,27,30,31)/i1D3,15D. The molecule has 2 fully saturated rings. The van der Waals surface area contributed by atoms with E-state index in [0.717, 1.165) is 11.8 Å². The van der Waals surface area contributed by atoms with Gasteiger partial charge in [-0.1, -0.05) is 0 Å². The summed E-state index contributed by atoms with van der Waals surface area (Å²) in [4.78, 5) is 46.6. The number of carbonyl (C=O) groups is 2. The zero-order valence-corrected chi connectivity index (χ0v) is 20.6. The van der Waals surface area contributed by atoms with Crippen LogP contribution < -0.4 is 22.1 Å². The number of pyridine rings is 2. The normalized spacial score (nSPS) is 24.2. The van der Waals surface area contributed by atoms with Crippen molar-refractivity contribution < 1.29 is 19.8 Å². The van der Waals surface area contributed by atoms with E-state index in [-0.39, 0.29) is 24.2 Å². The lowest BCUT2D eigenvalue weighted by molar-refractivity contribution is -0.131. The molecule has 0 aliphatic heterocycles. The van der Waals surface area contributed by atoms with E-state index in [1.807, 2.05) is 0 Å². The van der Waals surface area contributed by atoms with Crippen LogP contribution in [0.25, 0.3) is 22.1 Å². The summed E-state index contributed by atoms with van der Waals surface area (Å²) >= 11 is 0. The summed E-state index contributed by atoms with van der Waals surface area (Å²) in [7, 11) is 1.20. The molecule has 38 heavy (non-hydrogen) atoms. The number of aromatic nitrogens is 6. The number of nitrogens with one attached hydrogen (secondary N) is 2. The maximum Gasteiger partial charge on any atom is 0.407 e. The Morgan fingerprint density at radius 1 is 1.24 bits per heavy atom. The Hall–Kier alpha value is -4.42. The van der Waals surface area contributed by atoms with Gasteiger partial charge in [-0.05, 0) is 50.7 Å². The molecule has 198 valence electrons. The SMILES string of the molecule is [2H]C1(NC(=O)OC)CCC(n2c(=O)n(C([2H])([2H])[2H])c3cnc(Nc4ccc5cnn(C6(C(N)=O)CCC6)c5n4)cc32)C1. The Bertz CT molecular complexity index is 1790. The van der Waals surface area contributed by atoms with Crippen molar-refractivity contribution in [1.29, 1.82) is 0 Å². The van der Waals surface area contributed by atoms with Crippen LogP contribution in [0.3, 0.4) is 0 Å². The number of nitrogens with two attached hydrogens (primary N) is 1.